The van der Waals surface area contributed by atoms with Crippen LogP contribution in [0.2, 0.25) is 0 Å². The van der Waals surface area contributed by atoms with Gasteiger partial charge in [0, 0.05) is 23.0 Å². The first-order valence-corrected chi connectivity index (χ1v) is 10.6. The van der Waals surface area contributed by atoms with Gasteiger partial charge in [-0.2, -0.15) is 0 Å². The number of esters is 1. The van der Waals surface area contributed by atoms with E-state index in [1.165, 1.54) is 55.6 Å². The summed E-state index contributed by atoms with van der Waals surface area (Å²) < 4.78 is 4.68. The van der Waals surface area contributed by atoms with Gasteiger partial charge in [-0.25, -0.2) is 9.69 Å². The molecular weight excluding hydrogens is 474 g/mol. The van der Waals surface area contributed by atoms with E-state index in [1.807, 2.05) is 0 Å². The van der Waals surface area contributed by atoms with Gasteiger partial charge in [-0.15, -0.1) is 0 Å². The van der Waals surface area contributed by atoms with Crippen LogP contribution in [0.25, 0.3) is 0 Å². The van der Waals surface area contributed by atoms with Crippen molar-refractivity contribution < 1.29 is 29.0 Å². The van der Waals surface area contributed by atoms with E-state index >= 15 is 0 Å². The SMILES string of the molecule is COC(=O)c1cccc(N2C(=O)C(Cl)=C(Nc3ccc(C(=O)Nc4cccc(O)c4)cc3)C2=O)c1. The van der Waals surface area contributed by atoms with Crippen molar-refractivity contribution >= 4 is 52.4 Å². The first-order chi connectivity index (χ1) is 16.8. The molecule has 3 amide bonds. The second-order valence-electron chi connectivity index (χ2n) is 7.38. The number of imide groups is 1. The normalized spacial score (nSPS) is 13.1. The Morgan fingerprint density at radius 1 is 0.886 bits per heavy atom. The Labute approximate surface area is 204 Å². The number of benzene rings is 3. The lowest BCUT2D eigenvalue weighted by molar-refractivity contribution is -0.120. The molecular formula is C25H18ClN3O6. The summed E-state index contributed by atoms with van der Waals surface area (Å²) in [4.78, 5) is 50.8. The minimum atomic E-state index is -0.747. The number of carbonyl (C=O) groups excluding carboxylic acids is 4. The number of nitrogens with zero attached hydrogens (tertiary/aromatic N) is 1. The topological polar surface area (TPSA) is 125 Å². The largest absolute Gasteiger partial charge is 0.508 e. The lowest BCUT2D eigenvalue weighted by Crippen LogP contribution is -2.32. The quantitative estimate of drug-likeness (QED) is 0.353. The van der Waals surface area contributed by atoms with Crippen molar-refractivity contribution in [3.63, 3.8) is 0 Å². The van der Waals surface area contributed by atoms with Crippen molar-refractivity contribution in [3.8, 4) is 5.75 Å². The number of aromatic hydroxyl groups is 1. The van der Waals surface area contributed by atoms with Crippen LogP contribution in [-0.4, -0.2) is 35.9 Å². The summed E-state index contributed by atoms with van der Waals surface area (Å²) in [5.74, 6) is -2.44. The Morgan fingerprint density at radius 3 is 2.29 bits per heavy atom. The summed E-state index contributed by atoms with van der Waals surface area (Å²) >= 11 is 6.16. The Kier molecular flexibility index (Phi) is 6.52. The number of rotatable bonds is 6. The predicted molar refractivity (Wildman–Crippen MR) is 129 cm³/mol. The third-order valence-corrected chi connectivity index (χ3v) is 5.42. The minimum Gasteiger partial charge on any atom is -0.508 e. The fraction of sp³-hybridized carbons (Fsp3) is 0.0400. The second-order valence-corrected chi connectivity index (χ2v) is 7.76. The Bertz CT molecular complexity index is 1380. The molecule has 0 atom stereocenters. The molecule has 0 saturated carbocycles. The molecule has 0 fully saturated rings. The molecule has 0 spiro atoms. The van der Waals surface area contributed by atoms with Gasteiger partial charge in [-0.1, -0.05) is 23.7 Å². The van der Waals surface area contributed by atoms with E-state index in [4.69, 9.17) is 11.6 Å². The molecule has 9 nitrogen and oxygen atoms in total. The van der Waals surface area contributed by atoms with Crippen LogP contribution in [0.3, 0.4) is 0 Å². The summed E-state index contributed by atoms with van der Waals surface area (Å²) in [6.45, 7) is 0. The van der Waals surface area contributed by atoms with Crippen LogP contribution in [0.4, 0.5) is 17.1 Å². The Balaban J connectivity index is 1.49. The molecule has 3 N–H and O–H groups in total. The zero-order valence-electron chi connectivity index (χ0n) is 18.2. The summed E-state index contributed by atoms with van der Waals surface area (Å²) in [5.41, 5.74) is 1.37. The van der Waals surface area contributed by atoms with E-state index in [0.29, 0.717) is 16.9 Å². The van der Waals surface area contributed by atoms with Crippen LogP contribution < -0.4 is 15.5 Å². The van der Waals surface area contributed by atoms with E-state index in [2.05, 4.69) is 15.4 Å². The number of anilines is 3. The van der Waals surface area contributed by atoms with E-state index < -0.39 is 23.7 Å². The Morgan fingerprint density at radius 2 is 1.60 bits per heavy atom. The molecule has 0 aromatic heterocycles. The van der Waals surface area contributed by atoms with Crippen molar-refractivity contribution in [1.29, 1.82) is 0 Å². The first-order valence-electron chi connectivity index (χ1n) is 10.2. The molecule has 176 valence electrons. The molecule has 1 aliphatic heterocycles. The predicted octanol–water partition coefficient (Wildman–Crippen LogP) is 3.87. The van der Waals surface area contributed by atoms with E-state index in [0.717, 1.165) is 4.90 Å². The average Bonchev–Trinajstić information content (AvgIpc) is 3.07. The Hall–Kier alpha value is -4.63. The van der Waals surface area contributed by atoms with Gasteiger partial charge in [0.2, 0.25) is 0 Å². The maximum absolute atomic E-state index is 13.0. The average molecular weight is 492 g/mol. The number of hydrogen-bond donors (Lipinski definition) is 3. The highest BCUT2D eigenvalue weighted by molar-refractivity contribution is 6.53. The van der Waals surface area contributed by atoms with Crippen molar-refractivity contribution in [2.75, 3.05) is 22.6 Å². The molecule has 4 rings (SSSR count). The highest BCUT2D eigenvalue weighted by Gasteiger charge is 2.39. The van der Waals surface area contributed by atoms with Crippen molar-refractivity contribution in [2.24, 2.45) is 0 Å². The number of phenols is 1. The smallest absolute Gasteiger partial charge is 0.337 e. The second kappa shape index (κ2) is 9.70. The highest BCUT2D eigenvalue weighted by Crippen LogP contribution is 2.30. The zero-order chi connectivity index (χ0) is 25.1. The number of ether oxygens (including phenoxy) is 1. The number of amides is 3. The van der Waals surface area contributed by atoms with Crippen LogP contribution in [0.5, 0.6) is 5.75 Å². The van der Waals surface area contributed by atoms with Crippen molar-refractivity contribution in [2.45, 2.75) is 0 Å². The molecule has 35 heavy (non-hydrogen) atoms. The fourth-order valence-electron chi connectivity index (χ4n) is 3.37. The maximum Gasteiger partial charge on any atom is 0.337 e. The molecule has 0 unspecified atom stereocenters. The monoisotopic (exact) mass is 491 g/mol. The number of carbonyl (C=O) groups is 4. The highest BCUT2D eigenvalue weighted by atomic mass is 35.5. The first kappa shape index (κ1) is 23.5. The van der Waals surface area contributed by atoms with Crippen molar-refractivity contribution in [1.82, 2.24) is 0 Å². The number of phenolic OH excluding ortho intramolecular Hbond substituents is 1. The van der Waals surface area contributed by atoms with Gasteiger partial charge in [0.1, 0.15) is 16.5 Å². The molecule has 3 aromatic rings. The van der Waals surface area contributed by atoms with E-state index in [-0.39, 0.29) is 27.7 Å². The van der Waals surface area contributed by atoms with Crippen LogP contribution in [-0.2, 0) is 14.3 Å². The molecule has 1 heterocycles. The molecule has 0 radical (unpaired) electrons. The van der Waals surface area contributed by atoms with Gasteiger partial charge in [-0.3, -0.25) is 14.4 Å². The van der Waals surface area contributed by atoms with Gasteiger partial charge in [0.05, 0.1) is 18.4 Å². The number of methoxy groups -OCH3 is 1. The summed E-state index contributed by atoms with van der Waals surface area (Å²) in [5, 5.41) is 14.7. The summed E-state index contributed by atoms with van der Waals surface area (Å²) in [6, 6.07) is 18.1. The summed E-state index contributed by atoms with van der Waals surface area (Å²) in [7, 11) is 1.23. The molecule has 3 aromatic carbocycles. The van der Waals surface area contributed by atoms with Gasteiger partial charge in [0.25, 0.3) is 17.7 Å². The number of nitrogens with one attached hydrogen (secondary N) is 2. The molecule has 10 heteroatoms. The van der Waals surface area contributed by atoms with E-state index in [9.17, 15) is 24.3 Å². The van der Waals surface area contributed by atoms with Crippen LogP contribution in [0.15, 0.2) is 83.5 Å². The molecule has 0 aliphatic carbocycles. The van der Waals surface area contributed by atoms with Crippen LogP contribution in [0, 0.1) is 0 Å². The minimum absolute atomic E-state index is 0.0225. The molecule has 0 saturated heterocycles. The standard InChI is InChI=1S/C25H18ClN3O6/c1-35-25(34)15-4-2-6-18(12-15)29-23(32)20(26)21(24(29)33)27-16-10-8-14(9-11-16)22(31)28-17-5-3-7-19(30)13-17/h2-13,27,30H,1H3,(H,28,31). The third kappa shape index (κ3) is 4.85. The van der Waals surface area contributed by atoms with Crippen molar-refractivity contribution in [3.05, 3.63) is 94.7 Å². The van der Waals surface area contributed by atoms with Gasteiger partial charge in [-0.05, 0) is 54.6 Å². The number of hydrogen-bond acceptors (Lipinski definition) is 7. The number of halogens is 1. The van der Waals surface area contributed by atoms with Gasteiger partial charge in [0.15, 0.2) is 0 Å². The molecule has 1 aliphatic rings. The maximum atomic E-state index is 13.0. The lowest BCUT2D eigenvalue weighted by atomic mass is 10.1. The van der Waals surface area contributed by atoms with Gasteiger partial charge < -0.3 is 20.5 Å². The lowest BCUT2D eigenvalue weighted by Gasteiger charge is -2.16. The fourth-order valence-corrected chi connectivity index (χ4v) is 3.58. The van der Waals surface area contributed by atoms with Crippen LogP contribution in [0.1, 0.15) is 20.7 Å². The van der Waals surface area contributed by atoms with Crippen LogP contribution >= 0.6 is 11.6 Å². The third-order valence-electron chi connectivity index (χ3n) is 5.07. The zero-order valence-corrected chi connectivity index (χ0v) is 19.0. The van der Waals surface area contributed by atoms with Gasteiger partial charge >= 0.3 is 5.97 Å². The summed E-state index contributed by atoms with van der Waals surface area (Å²) in [6.07, 6.45) is 0. The molecule has 0 bridgehead atoms. The van der Waals surface area contributed by atoms with E-state index in [1.54, 1.807) is 24.3 Å².